The number of carbonyl (C=O) groups is 1. The van der Waals surface area contributed by atoms with Gasteiger partial charge in [0, 0.05) is 17.3 Å². The Morgan fingerprint density at radius 2 is 1.63 bits per heavy atom. The summed E-state index contributed by atoms with van der Waals surface area (Å²) in [6.07, 6.45) is 2.62. The number of aromatic hydroxyl groups is 2. The van der Waals surface area contributed by atoms with Crippen LogP contribution >= 0.6 is 0 Å². The molecule has 0 aliphatic carbocycles. The van der Waals surface area contributed by atoms with Crippen molar-refractivity contribution >= 4 is 33.4 Å². The van der Waals surface area contributed by atoms with Crippen LogP contribution in [0.25, 0.3) is 21.8 Å². The minimum atomic E-state index is -0.918. The quantitative estimate of drug-likeness (QED) is 0.184. The van der Waals surface area contributed by atoms with Gasteiger partial charge in [-0.1, -0.05) is 44.0 Å². The summed E-state index contributed by atoms with van der Waals surface area (Å²) in [5, 5.41) is 26.1. The number of H-pyrrole nitrogens is 1. The molecule has 4 aromatic rings. The molecule has 0 radical (unpaired) electrons. The molecule has 4 rings (SSSR count). The first-order valence-electron chi connectivity index (χ1n) is 11.4. The van der Waals surface area contributed by atoms with Crippen molar-refractivity contribution in [1.29, 1.82) is 0 Å². The Labute approximate surface area is 200 Å². The van der Waals surface area contributed by atoms with Crippen molar-refractivity contribution in [2.75, 3.05) is 0 Å². The van der Waals surface area contributed by atoms with Crippen molar-refractivity contribution in [2.24, 2.45) is 5.10 Å². The van der Waals surface area contributed by atoms with E-state index in [1.165, 1.54) is 11.5 Å². The van der Waals surface area contributed by atoms with Gasteiger partial charge < -0.3 is 19.8 Å². The molecule has 180 valence electrons. The summed E-state index contributed by atoms with van der Waals surface area (Å²) in [7, 11) is 0. The fourth-order valence-electron chi connectivity index (χ4n) is 4.14. The predicted octanol–water partition coefficient (Wildman–Crippen LogP) is 3.60. The monoisotopic (exact) mass is 474 g/mol. The van der Waals surface area contributed by atoms with Gasteiger partial charge in [0.25, 0.3) is 17.0 Å². The zero-order chi connectivity index (χ0) is 25.1. The van der Waals surface area contributed by atoms with Crippen molar-refractivity contribution in [1.82, 2.24) is 15.0 Å². The molecule has 0 saturated carbocycles. The number of para-hydroxylation sites is 2. The Hall–Kier alpha value is -4.40. The molecule has 1 amide bonds. The second-order valence-corrected chi connectivity index (χ2v) is 8.27. The summed E-state index contributed by atoms with van der Waals surface area (Å²) < 4.78 is 1.48. The molecule has 2 heterocycles. The van der Waals surface area contributed by atoms with Gasteiger partial charge >= 0.3 is 0 Å². The highest BCUT2D eigenvalue weighted by atomic mass is 16.3. The van der Waals surface area contributed by atoms with E-state index in [9.17, 15) is 24.6 Å². The standard InChI is InChI=1S/C26H26N4O5/c1-3-4-9-14-30-19-13-8-6-11-17(19)23(32)21(26(30)35)25(34)29-28-15(2)20-22(31)16-10-5-7-12-18(16)27-24(20)33/h5-8,10-13,32H,3-4,9,14H2,1-2H3,(H,29,34)(H2,27,31,33)/b28-15-. The number of fused-ring (bicyclic) bond motifs is 2. The summed E-state index contributed by atoms with van der Waals surface area (Å²) in [5.41, 5.74) is 1.53. The number of rotatable bonds is 7. The number of aromatic nitrogens is 2. The minimum Gasteiger partial charge on any atom is -0.506 e. The largest absolute Gasteiger partial charge is 0.506 e. The molecule has 0 bridgehead atoms. The van der Waals surface area contributed by atoms with E-state index in [1.807, 2.05) is 0 Å². The van der Waals surface area contributed by atoms with E-state index in [0.29, 0.717) is 28.4 Å². The van der Waals surface area contributed by atoms with Crippen LogP contribution in [0.15, 0.2) is 63.2 Å². The van der Waals surface area contributed by atoms with Gasteiger partial charge in [0.15, 0.2) is 0 Å². The number of aryl methyl sites for hydroxylation is 1. The lowest BCUT2D eigenvalue weighted by Gasteiger charge is -2.14. The van der Waals surface area contributed by atoms with Crippen LogP contribution in [-0.4, -0.2) is 31.4 Å². The number of benzene rings is 2. The number of pyridine rings is 2. The second kappa shape index (κ2) is 9.84. The summed E-state index contributed by atoms with van der Waals surface area (Å²) in [5.74, 6) is -1.63. The van der Waals surface area contributed by atoms with Crippen molar-refractivity contribution in [3.05, 3.63) is 80.4 Å². The molecule has 0 aliphatic rings. The van der Waals surface area contributed by atoms with Crippen LogP contribution in [0.2, 0.25) is 0 Å². The maximum atomic E-state index is 13.2. The molecule has 0 saturated heterocycles. The van der Waals surface area contributed by atoms with Crippen LogP contribution < -0.4 is 16.5 Å². The molecular formula is C26H26N4O5. The van der Waals surface area contributed by atoms with E-state index in [4.69, 9.17) is 0 Å². The van der Waals surface area contributed by atoms with Crippen LogP contribution in [0.5, 0.6) is 11.5 Å². The number of unbranched alkanes of at least 4 members (excludes halogenated alkanes) is 2. The smallest absolute Gasteiger partial charge is 0.280 e. The third-order valence-electron chi connectivity index (χ3n) is 5.94. The van der Waals surface area contributed by atoms with Crippen LogP contribution in [0.3, 0.4) is 0 Å². The first-order chi connectivity index (χ1) is 16.8. The van der Waals surface area contributed by atoms with E-state index in [2.05, 4.69) is 22.4 Å². The Morgan fingerprint density at radius 3 is 2.37 bits per heavy atom. The maximum Gasteiger partial charge on any atom is 0.280 e. The van der Waals surface area contributed by atoms with Gasteiger partial charge in [0.2, 0.25) is 0 Å². The van der Waals surface area contributed by atoms with Gasteiger partial charge in [0.05, 0.1) is 16.7 Å². The summed E-state index contributed by atoms with van der Waals surface area (Å²) in [6, 6.07) is 13.6. The molecule has 9 nitrogen and oxygen atoms in total. The Kier molecular flexibility index (Phi) is 6.68. The number of hydrogen-bond acceptors (Lipinski definition) is 6. The number of amides is 1. The molecule has 4 N–H and O–H groups in total. The third-order valence-corrected chi connectivity index (χ3v) is 5.94. The molecule has 2 aromatic carbocycles. The fourth-order valence-corrected chi connectivity index (χ4v) is 4.14. The van der Waals surface area contributed by atoms with Crippen molar-refractivity contribution in [3.8, 4) is 11.5 Å². The Balaban J connectivity index is 1.73. The second-order valence-electron chi connectivity index (χ2n) is 8.27. The lowest BCUT2D eigenvalue weighted by Crippen LogP contribution is -2.32. The highest BCUT2D eigenvalue weighted by molar-refractivity contribution is 6.07. The van der Waals surface area contributed by atoms with E-state index >= 15 is 0 Å². The van der Waals surface area contributed by atoms with Gasteiger partial charge in [-0.15, -0.1) is 0 Å². The van der Waals surface area contributed by atoms with Crippen LogP contribution in [0.1, 0.15) is 49.0 Å². The van der Waals surface area contributed by atoms with Crippen molar-refractivity contribution in [2.45, 2.75) is 39.7 Å². The molecular weight excluding hydrogens is 448 g/mol. The van der Waals surface area contributed by atoms with Gasteiger partial charge in [-0.05, 0) is 37.6 Å². The molecule has 2 aromatic heterocycles. The summed E-state index contributed by atoms with van der Waals surface area (Å²) >= 11 is 0. The van der Waals surface area contributed by atoms with Gasteiger partial charge in [0.1, 0.15) is 22.6 Å². The van der Waals surface area contributed by atoms with E-state index in [0.717, 1.165) is 19.3 Å². The minimum absolute atomic E-state index is 0.0337. The average molecular weight is 475 g/mol. The summed E-state index contributed by atoms with van der Waals surface area (Å²) in [4.78, 5) is 41.4. The highest BCUT2D eigenvalue weighted by Gasteiger charge is 2.22. The van der Waals surface area contributed by atoms with Crippen molar-refractivity contribution < 1.29 is 15.0 Å². The molecule has 0 aliphatic heterocycles. The molecule has 35 heavy (non-hydrogen) atoms. The van der Waals surface area contributed by atoms with Gasteiger partial charge in [-0.3, -0.25) is 14.4 Å². The topological polar surface area (TPSA) is 137 Å². The molecule has 0 unspecified atom stereocenters. The lowest BCUT2D eigenvalue weighted by molar-refractivity contribution is 0.0950. The zero-order valence-electron chi connectivity index (χ0n) is 19.5. The molecule has 0 fully saturated rings. The number of carbonyl (C=O) groups excluding carboxylic acids is 1. The van der Waals surface area contributed by atoms with E-state index < -0.39 is 28.3 Å². The number of hydrazone groups is 1. The number of hydrogen-bond donors (Lipinski definition) is 4. The molecule has 0 spiro atoms. The van der Waals surface area contributed by atoms with Crippen LogP contribution in [0.4, 0.5) is 0 Å². The van der Waals surface area contributed by atoms with E-state index in [-0.39, 0.29) is 17.0 Å². The molecule has 9 heteroatoms. The van der Waals surface area contributed by atoms with Gasteiger partial charge in [-0.25, -0.2) is 5.43 Å². The third kappa shape index (κ3) is 4.40. The zero-order valence-corrected chi connectivity index (χ0v) is 19.5. The number of nitrogens with zero attached hydrogens (tertiary/aromatic N) is 2. The molecule has 0 atom stereocenters. The maximum absolute atomic E-state index is 13.2. The number of aromatic amines is 1. The van der Waals surface area contributed by atoms with Crippen LogP contribution in [0, 0.1) is 0 Å². The normalized spacial score (nSPS) is 11.8. The Morgan fingerprint density at radius 1 is 0.971 bits per heavy atom. The highest BCUT2D eigenvalue weighted by Crippen LogP contribution is 2.27. The SMILES string of the molecule is CCCCCn1c(=O)c(C(=O)N/N=C(/C)c2c(O)c3ccccc3[nH]c2=O)c(O)c2ccccc21. The lowest BCUT2D eigenvalue weighted by atomic mass is 10.1. The first-order valence-corrected chi connectivity index (χ1v) is 11.4. The van der Waals surface area contributed by atoms with E-state index in [1.54, 1.807) is 48.5 Å². The fraction of sp³-hybridized carbons (Fsp3) is 0.231. The Bertz CT molecular complexity index is 1580. The van der Waals surface area contributed by atoms with Crippen molar-refractivity contribution in [3.63, 3.8) is 0 Å². The first kappa shape index (κ1) is 23.7. The predicted molar refractivity (Wildman–Crippen MR) is 135 cm³/mol. The summed E-state index contributed by atoms with van der Waals surface area (Å²) in [6.45, 7) is 3.90. The average Bonchev–Trinajstić information content (AvgIpc) is 2.85. The van der Waals surface area contributed by atoms with Gasteiger partial charge in [-0.2, -0.15) is 5.10 Å². The number of nitrogens with one attached hydrogen (secondary N) is 2. The van der Waals surface area contributed by atoms with Crippen LogP contribution in [-0.2, 0) is 6.54 Å².